The van der Waals surface area contributed by atoms with Crippen molar-refractivity contribution in [2.45, 2.75) is 25.8 Å². The standard InChI is InChI=1S/C13H22N4/c1-2-17-12-13(11-15-17)10-14-6-9-16-7-4-3-5-8-16/h2,11-12,14H,1,3-10H2. The quantitative estimate of drug-likeness (QED) is 0.758. The highest BCUT2D eigenvalue weighted by Gasteiger charge is 2.08. The Hall–Kier alpha value is -1.13. The highest BCUT2D eigenvalue weighted by molar-refractivity contribution is 5.17. The van der Waals surface area contributed by atoms with Gasteiger partial charge in [-0.1, -0.05) is 13.0 Å². The predicted molar refractivity (Wildman–Crippen MR) is 70.6 cm³/mol. The molecule has 2 heterocycles. The molecule has 0 bridgehead atoms. The van der Waals surface area contributed by atoms with E-state index in [0.717, 1.165) is 19.6 Å². The molecule has 0 unspecified atom stereocenters. The van der Waals surface area contributed by atoms with E-state index in [1.165, 1.54) is 37.9 Å². The summed E-state index contributed by atoms with van der Waals surface area (Å²) < 4.78 is 1.74. The molecule has 0 amide bonds. The molecule has 0 atom stereocenters. The van der Waals surface area contributed by atoms with Gasteiger partial charge < -0.3 is 10.2 Å². The Morgan fingerprint density at radius 1 is 1.35 bits per heavy atom. The van der Waals surface area contributed by atoms with E-state index >= 15 is 0 Å². The van der Waals surface area contributed by atoms with E-state index < -0.39 is 0 Å². The largest absolute Gasteiger partial charge is 0.311 e. The molecule has 0 spiro atoms. The molecule has 94 valence electrons. The highest BCUT2D eigenvalue weighted by Crippen LogP contribution is 2.07. The lowest BCUT2D eigenvalue weighted by Crippen LogP contribution is -2.35. The van der Waals surface area contributed by atoms with Gasteiger partial charge in [0.25, 0.3) is 0 Å². The first-order valence-electron chi connectivity index (χ1n) is 6.47. The second-order valence-electron chi connectivity index (χ2n) is 4.59. The van der Waals surface area contributed by atoms with Gasteiger partial charge in [0.15, 0.2) is 0 Å². The van der Waals surface area contributed by atoms with Crippen LogP contribution >= 0.6 is 0 Å². The van der Waals surface area contributed by atoms with Crippen LogP contribution in [0.2, 0.25) is 0 Å². The lowest BCUT2D eigenvalue weighted by molar-refractivity contribution is 0.229. The van der Waals surface area contributed by atoms with Gasteiger partial charge in [0.2, 0.25) is 0 Å². The molecule has 0 radical (unpaired) electrons. The number of rotatable bonds is 6. The van der Waals surface area contributed by atoms with Crippen LogP contribution in [0, 0.1) is 0 Å². The number of aromatic nitrogens is 2. The van der Waals surface area contributed by atoms with Crippen LogP contribution in [0.15, 0.2) is 19.0 Å². The van der Waals surface area contributed by atoms with Gasteiger partial charge in [0.05, 0.1) is 6.20 Å². The Bertz CT molecular complexity index is 339. The van der Waals surface area contributed by atoms with Gasteiger partial charge in [0, 0.05) is 37.6 Å². The maximum atomic E-state index is 4.15. The van der Waals surface area contributed by atoms with Crippen molar-refractivity contribution in [2.75, 3.05) is 26.2 Å². The van der Waals surface area contributed by atoms with Crippen molar-refractivity contribution in [3.05, 3.63) is 24.5 Å². The minimum atomic E-state index is 0.891. The first-order valence-corrected chi connectivity index (χ1v) is 6.47. The zero-order valence-electron chi connectivity index (χ0n) is 10.4. The maximum absolute atomic E-state index is 4.15. The third-order valence-corrected chi connectivity index (χ3v) is 3.22. The Morgan fingerprint density at radius 2 is 2.18 bits per heavy atom. The number of nitrogens with zero attached hydrogens (tertiary/aromatic N) is 3. The third kappa shape index (κ3) is 3.98. The molecule has 1 N–H and O–H groups in total. The SMILES string of the molecule is C=Cn1cc(CNCCN2CCCCC2)cn1. The fraction of sp³-hybridized carbons (Fsp3) is 0.615. The van der Waals surface area contributed by atoms with Crippen molar-refractivity contribution >= 4 is 6.20 Å². The molecule has 2 rings (SSSR count). The van der Waals surface area contributed by atoms with Crippen LogP contribution in [0.1, 0.15) is 24.8 Å². The minimum absolute atomic E-state index is 0.891. The van der Waals surface area contributed by atoms with Crippen molar-refractivity contribution in [3.63, 3.8) is 0 Å². The van der Waals surface area contributed by atoms with Crippen molar-refractivity contribution in [1.29, 1.82) is 0 Å². The summed E-state index contributed by atoms with van der Waals surface area (Å²) in [5.41, 5.74) is 1.21. The van der Waals surface area contributed by atoms with E-state index in [1.807, 2.05) is 12.4 Å². The molecule has 0 aromatic carbocycles. The lowest BCUT2D eigenvalue weighted by Gasteiger charge is -2.26. The first-order chi connectivity index (χ1) is 8.38. The normalized spacial score (nSPS) is 17.2. The summed E-state index contributed by atoms with van der Waals surface area (Å²) in [4.78, 5) is 2.55. The van der Waals surface area contributed by atoms with E-state index in [4.69, 9.17) is 0 Å². The number of nitrogens with one attached hydrogen (secondary N) is 1. The average molecular weight is 234 g/mol. The summed E-state index contributed by atoms with van der Waals surface area (Å²) >= 11 is 0. The van der Waals surface area contributed by atoms with E-state index in [0.29, 0.717) is 0 Å². The summed E-state index contributed by atoms with van der Waals surface area (Å²) in [6.07, 6.45) is 9.73. The lowest BCUT2D eigenvalue weighted by atomic mass is 10.1. The smallest absolute Gasteiger partial charge is 0.0538 e. The molecule has 1 aliphatic heterocycles. The summed E-state index contributed by atoms with van der Waals surface area (Å²) in [5, 5.41) is 7.61. The van der Waals surface area contributed by atoms with Crippen LogP contribution < -0.4 is 5.32 Å². The second-order valence-corrected chi connectivity index (χ2v) is 4.59. The molecular formula is C13H22N4. The van der Waals surface area contributed by atoms with Crippen LogP contribution in [-0.2, 0) is 6.54 Å². The number of hydrogen-bond donors (Lipinski definition) is 1. The first kappa shape index (κ1) is 12.3. The summed E-state index contributed by atoms with van der Waals surface area (Å²) in [6, 6.07) is 0. The Morgan fingerprint density at radius 3 is 2.88 bits per heavy atom. The van der Waals surface area contributed by atoms with Crippen LogP contribution in [0.4, 0.5) is 0 Å². The molecule has 1 aromatic rings. The van der Waals surface area contributed by atoms with Crippen LogP contribution in [0.5, 0.6) is 0 Å². The molecule has 1 aromatic heterocycles. The van der Waals surface area contributed by atoms with E-state index in [-0.39, 0.29) is 0 Å². The zero-order valence-corrected chi connectivity index (χ0v) is 10.4. The van der Waals surface area contributed by atoms with E-state index in [2.05, 4.69) is 21.9 Å². The number of likely N-dealkylation sites (tertiary alicyclic amines) is 1. The molecule has 1 saturated heterocycles. The Labute approximate surface area is 103 Å². The van der Waals surface area contributed by atoms with Gasteiger partial charge in [0.1, 0.15) is 0 Å². The zero-order chi connectivity index (χ0) is 11.9. The fourth-order valence-corrected chi connectivity index (χ4v) is 2.22. The minimum Gasteiger partial charge on any atom is -0.311 e. The van der Waals surface area contributed by atoms with Gasteiger partial charge in [-0.2, -0.15) is 5.10 Å². The molecule has 1 fully saturated rings. The van der Waals surface area contributed by atoms with Gasteiger partial charge >= 0.3 is 0 Å². The van der Waals surface area contributed by atoms with Crippen molar-refractivity contribution < 1.29 is 0 Å². The van der Waals surface area contributed by atoms with E-state index in [1.54, 1.807) is 10.9 Å². The van der Waals surface area contributed by atoms with Gasteiger partial charge in [-0.15, -0.1) is 0 Å². The second kappa shape index (κ2) is 6.57. The Balaban J connectivity index is 1.60. The van der Waals surface area contributed by atoms with Gasteiger partial charge in [-0.3, -0.25) is 0 Å². The molecule has 1 aliphatic rings. The summed E-state index contributed by atoms with van der Waals surface area (Å²) in [6.45, 7) is 9.33. The monoisotopic (exact) mass is 234 g/mol. The predicted octanol–water partition coefficient (Wildman–Crippen LogP) is 1.56. The fourth-order valence-electron chi connectivity index (χ4n) is 2.22. The molecule has 17 heavy (non-hydrogen) atoms. The maximum Gasteiger partial charge on any atom is 0.0538 e. The summed E-state index contributed by atoms with van der Waals surface area (Å²) in [5.74, 6) is 0. The highest BCUT2D eigenvalue weighted by atomic mass is 15.2. The third-order valence-electron chi connectivity index (χ3n) is 3.22. The average Bonchev–Trinajstić information content (AvgIpc) is 2.84. The van der Waals surface area contributed by atoms with Crippen LogP contribution in [-0.4, -0.2) is 40.9 Å². The molecule has 4 heteroatoms. The van der Waals surface area contributed by atoms with Crippen molar-refractivity contribution in [3.8, 4) is 0 Å². The molecule has 4 nitrogen and oxygen atoms in total. The van der Waals surface area contributed by atoms with Crippen molar-refractivity contribution in [2.24, 2.45) is 0 Å². The van der Waals surface area contributed by atoms with Gasteiger partial charge in [-0.05, 0) is 25.9 Å². The Kier molecular flexibility index (Phi) is 4.76. The van der Waals surface area contributed by atoms with E-state index in [9.17, 15) is 0 Å². The van der Waals surface area contributed by atoms with Gasteiger partial charge in [-0.25, -0.2) is 4.68 Å². The van der Waals surface area contributed by atoms with Crippen LogP contribution in [0.3, 0.4) is 0 Å². The number of piperidine rings is 1. The molecular weight excluding hydrogens is 212 g/mol. The molecule has 0 aliphatic carbocycles. The molecule has 0 saturated carbocycles. The number of hydrogen-bond acceptors (Lipinski definition) is 3. The van der Waals surface area contributed by atoms with Crippen LogP contribution in [0.25, 0.3) is 6.20 Å². The topological polar surface area (TPSA) is 33.1 Å². The summed E-state index contributed by atoms with van der Waals surface area (Å²) in [7, 11) is 0. The van der Waals surface area contributed by atoms with Crippen molar-refractivity contribution in [1.82, 2.24) is 20.0 Å².